The molecule has 7 heteroatoms. The third kappa shape index (κ3) is 4.33. The number of furan rings is 1. The van der Waals surface area contributed by atoms with Gasteiger partial charge in [-0.25, -0.2) is 0 Å². The van der Waals surface area contributed by atoms with Crippen molar-refractivity contribution in [3.8, 4) is 0 Å². The lowest BCUT2D eigenvalue weighted by Crippen LogP contribution is -2.56. The second-order valence-electron chi connectivity index (χ2n) is 7.94. The first-order valence-corrected chi connectivity index (χ1v) is 10.00. The molecule has 0 saturated carbocycles. The second-order valence-corrected chi connectivity index (χ2v) is 7.94. The van der Waals surface area contributed by atoms with Crippen LogP contribution in [0.15, 0.2) is 47.1 Å². The molecular formula is C22H28ClN3O3. The number of hydrogen-bond donors (Lipinski definition) is 1. The zero-order valence-corrected chi connectivity index (χ0v) is 17.4. The maximum atomic E-state index is 13.5. The Morgan fingerprint density at radius 1 is 1.17 bits per heavy atom. The quantitative estimate of drug-likeness (QED) is 0.832. The van der Waals surface area contributed by atoms with Gasteiger partial charge in [-0.15, -0.1) is 12.4 Å². The number of amides is 2. The number of nitrogens with zero attached hydrogens (tertiary/aromatic N) is 2. The van der Waals surface area contributed by atoms with Gasteiger partial charge in [0.2, 0.25) is 5.91 Å². The monoisotopic (exact) mass is 417 g/mol. The van der Waals surface area contributed by atoms with Crippen LogP contribution in [-0.2, 0) is 17.8 Å². The molecule has 1 fully saturated rings. The minimum Gasteiger partial charge on any atom is -0.459 e. The third-order valence-electron chi connectivity index (χ3n) is 6.04. The smallest absolute Gasteiger partial charge is 0.290 e. The summed E-state index contributed by atoms with van der Waals surface area (Å²) in [4.78, 5) is 30.1. The fourth-order valence-corrected chi connectivity index (χ4v) is 4.35. The number of benzene rings is 1. The Balaban J connectivity index is 0.00000240. The standard InChI is InChI=1S/C22H27N3O3.ClH/c1-15(23)17-8-4-10-24(13-17)21(26)19-12-16-6-2-3-7-18(16)14-25(19)22(27)20-9-5-11-28-20;/h2-3,5-7,9,11,15,17,19H,4,8,10,12-14,23H2,1H3;1H. The van der Waals surface area contributed by atoms with Crippen LogP contribution < -0.4 is 5.73 Å². The van der Waals surface area contributed by atoms with Crippen LogP contribution in [0.25, 0.3) is 0 Å². The first-order chi connectivity index (χ1) is 13.5. The molecule has 0 bridgehead atoms. The molecule has 29 heavy (non-hydrogen) atoms. The minimum absolute atomic E-state index is 0. The molecule has 0 aliphatic carbocycles. The topological polar surface area (TPSA) is 79.8 Å². The summed E-state index contributed by atoms with van der Waals surface area (Å²) in [5.41, 5.74) is 8.31. The average molecular weight is 418 g/mol. The summed E-state index contributed by atoms with van der Waals surface area (Å²) in [6.07, 6.45) is 4.01. The maximum Gasteiger partial charge on any atom is 0.290 e. The van der Waals surface area contributed by atoms with E-state index in [1.807, 2.05) is 36.1 Å². The van der Waals surface area contributed by atoms with Crippen molar-refractivity contribution in [2.45, 2.75) is 44.8 Å². The van der Waals surface area contributed by atoms with Gasteiger partial charge in [0, 0.05) is 32.1 Å². The normalized spacial score (nSPS) is 22.4. The summed E-state index contributed by atoms with van der Waals surface area (Å²) in [6, 6.07) is 10.9. The van der Waals surface area contributed by atoms with Crippen LogP contribution in [0.5, 0.6) is 0 Å². The number of piperidine rings is 1. The van der Waals surface area contributed by atoms with Crippen molar-refractivity contribution in [2.24, 2.45) is 11.7 Å². The van der Waals surface area contributed by atoms with E-state index in [4.69, 9.17) is 10.2 Å². The molecular weight excluding hydrogens is 390 g/mol. The zero-order valence-electron chi connectivity index (χ0n) is 16.6. The summed E-state index contributed by atoms with van der Waals surface area (Å²) in [5, 5.41) is 0. The molecule has 0 radical (unpaired) electrons. The fraction of sp³-hybridized carbons (Fsp3) is 0.455. The molecule has 3 heterocycles. The molecule has 2 aliphatic heterocycles. The van der Waals surface area contributed by atoms with E-state index in [1.165, 1.54) is 6.26 Å². The predicted molar refractivity (Wildman–Crippen MR) is 113 cm³/mol. The Hall–Kier alpha value is -2.31. The van der Waals surface area contributed by atoms with Gasteiger partial charge in [0.15, 0.2) is 5.76 Å². The lowest BCUT2D eigenvalue weighted by molar-refractivity contribution is -0.138. The van der Waals surface area contributed by atoms with E-state index in [2.05, 4.69) is 0 Å². The SMILES string of the molecule is CC(N)C1CCCN(C(=O)C2Cc3ccccc3CN2C(=O)c2ccco2)C1.Cl. The number of halogens is 1. The van der Waals surface area contributed by atoms with E-state index in [1.54, 1.807) is 17.0 Å². The molecule has 0 spiro atoms. The highest BCUT2D eigenvalue weighted by Gasteiger charge is 2.39. The number of hydrogen-bond acceptors (Lipinski definition) is 4. The molecule has 4 rings (SSSR count). The van der Waals surface area contributed by atoms with Gasteiger partial charge in [-0.05, 0) is 48.9 Å². The number of nitrogens with two attached hydrogens (primary N) is 1. The van der Waals surface area contributed by atoms with Gasteiger partial charge in [-0.3, -0.25) is 9.59 Å². The summed E-state index contributed by atoms with van der Waals surface area (Å²) >= 11 is 0. The molecule has 156 valence electrons. The highest BCUT2D eigenvalue weighted by Crippen LogP contribution is 2.28. The molecule has 1 aromatic heterocycles. The fourth-order valence-electron chi connectivity index (χ4n) is 4.35. The van der Waals surface area contributed by atoms with Crippen molar-refractivity contribution in [1.29, 1.82) is 0 Å². The number of likely N-dealkylation sites (tertiary alicyclic amines) is 1. The van der Waals surface area contributed by atoms with Gasteiger partial charge in [-0.1, -0.05) is 24.3 Å². The molecule has 2 N–H and O–H groups in total. The van der Waals surface area contributed by atoms with Crippen LogP contribution in [0.3, 0.4) is 0 Å². The van der Waals surface area contributed by atoms with E-state index in [-0.39, 0.29) is 36.0 Å². The van der Waals surface area contributed by atoms with Crippen LogP contribution in [0, 0.1) is 5.92 Å². The van der Waals surface area contributed by atoms with E-state index >= 15 is 0 Å². The molecule has 1 saturated heterocycles. The Bertz CT molecular complexity index is 853. The van der Waals surface area contributed by atoms with Crippen LogP contribution >= 0.6 is 12.4 Å². The summed E-state index contributed by atoms with van der Waals surface area (Å²) in [5.74, 6) is 0.352. The highest BCUT2D eigenvalue weighted by molar-refractivity contribution is 5.96. The number of rotatable bonds is 3. The number of carbonyl (C=O) groups excluding carboxylic acids is 2. The third-order valence-corrected chi connectivity index (χ3v) is 6.04. The number of fused-ring (bicyclic) bond motifs is 1. The lowest BCUT2D eigenvalue weighted by atomic mass is 9.89. The summed E-state index contributed by atoms with van der Waals surface area (Å²) in [7, 11) is 0. The lowest BCUT2D eigenvalue weighted by Gasteiger charge is -2.41. The van der Waals surface area contributed by atoms with Crippen LogP contribution in [0.2, 0.25) is 0 Å². The van der Waals surface area contributed by atoms with Crippen LogP contribution in [0.1, 0.15) is 41.4 Å². The molecule has 2 aromatic rings. The van der Waals surface area contributed by atoms with E-state index in [9.17, 15) is 9.59 Å². The van der Waals surface area contributed by atoms with Crippen molar-refractivity contribution in [3.63, 3.8) is 0 Å². The Labute approximate surface area is 177 Å². The average Bonchev–Trinajstić information content (AvgIpc) is 3.26. The van der Waals surface area contributed by atoms with Crippen LogP contribution in [0.4, 0.5) is 0 Å². The molecule has 3 atom stereocenters. The number of carbonyl (C=O) groups is 2. The largest absolute Gasteiger partial charge is 0.459 e. The Morgan fingerprint density at radius 2 is 1.93 bits per heavy atom. The molecule has 3 unspecified atom stereocenters. The molecule has 2 aliphatic rings. The van der Waals surface area contributed by atoms with Gasteiger partial charge >= 0.3 is 0 Å². The maximum absolute atomic E-state index is 13.5. The summed E-state index contributed by atoms with van der Waals surface area (Å²) in [6.45, 7) is 3.80. The van der Waals surface area contributed by atoms with Gasteiger partial charge in [0.1, 0.15) is 6.04 Å². The van der Waals surface area contributed by atoms with Crippen molar-refractivity contribution in [1.82, 2.24) is 9.80 Å². The van der Waals surface area contributed by atoms with E-state index in [0.717, 1.165) is 30.5 Å². The molecule has 2 amide bonds. The second kappa shape index (κ2) is 9.01. The highest BCUT2D eigenvalue weighted by atomic mass is 35.5. The van der Waals surface area contributed by atoms with Gasteiger partial charge in [0.05, 0.1) is 6.26 Å². The Kier molecular flexibility index (Phi) is 6.65. The van der Waals surface area contributed by atoms with Gasteiger partial charge < -0.3 is 20.0 Å². The van der Waals surface area contributed by atoms with Crippen molar-refractivity contribution in [2.75, 3.05) is 13.1 Å². The predicted octanol–water partition coefficient (Wildman–Crippen LogP) is 2.85. The van der Waals surface area contributed by atoms with Gasteiger partial charge in [-0.2, -0.15) is 0 Å². The minimum atomic E-state index is -0.515. The van der Waals surface area contributed by atoms with E-state index < -0.39 is 6.04 Å². The first kappa shape index (κ1) is 21.4. The molecule has 6 nitrogen and oxygen atoms in total. The first-order valence-electron chi connectivity index (χ1n) is 10.00. The summed E-state index contributed by atoms with van der Waals surface area (Å²) < 4.78 is 5.33. The zero-order chi connectivity index (χ0) is 19.7. The van der Waals surface area contributed by atoms with Crippen molar-refractivity contribution < 1.29 is 14.0 Å². The van der Waals surface area contributed by atoms with Crippen molar-refractivity contribution >= 4 is 24.2 Å². The molecule has 1 aromatic carbocycles. The van der Waals surface area contributed by atoms with E-state index in [0.29, 0.717) is 25.4 Å². The van der Waals surface area contributed by atoms with Gasteiger partial charge in [0.25, 0.3) is 5.91 Å². The van der Waals surface area contributed by atoms with Crippen molar-refractivity contribution in [3.05, 3.63) is 59.5 Å². The van der Waals surface area contributed by atoms with Crippen LogP contribution in [-0.4, -0.2) is 46.8 Å². The Morgan fingerprint density at radius 3 is 2.62 bits per heavy atom.